The molecule has 2 fully saturated rings. The van der Waals surface area contributed by atoms with Crippen molar-refractivity contribution in [3.05, 3.63) is 0 Å². The standard InChI is InChI=1S/C13H24N2O2.ClH/c1-15(9-11-5-3-2-4-6-11)13(16)12-10-17-8-7-14-12;/h11-12,14H,2-10H2,1H3;1H. The van der Waals surface area contributed by atoms with Gasteiger partial charge in [0, 0.05) is 20.1 Å². The fourth-order valence-electron chi connectivity index (χ4n) is 2.84. The number of carbonyl (C=O) groups is 1. The van der Waals surface area contributed by atoms with Crippen LogP contribution in [0.5, 0.6) is 0 Å². The number of hydrogen-bond donors (Lipinski definition) is 1. The highest BCUT2D eigenvalue weighted by molar-refractivity contribution is 5.85. The van der Waals surface area contributed by atoms with Crippen LogP contribution in [0.4, 0.5) is 0 Å². The lowest BCUT2D eigenvalue weighted by molar-refractivity contribution is -0.135. The molecule has 1 aliphatic heterocycles. The number of nitrogens with one attached hydrogen (secondary N) is 1. The van der Waals surface area contributed by atoms with Crippen LogP contribution in [0.25, 0.3) is 0 Å². The molecule has 4 nitrogen and oxygen atoms in total. The molecular weight excluding hydrogens is 252 g/mol. The van der Waals surface area contributed by atoms with E-state index in [1.54, 1.807) is 0 Å². The molecule has 1 amide bonds. The number of hydrogen-bond acceptors (Lipinski definition) is 3. The fourth-order valence-corrected chi connectivity index (χ4v) is 2.84. The lowest BCUT2D eigenvalue weighted by Gasteiger charge is -2.31. The Bertz CT molecular complexity index is 251. The van der Waals surface area contributed by atoms with E-state index in [0.29, 0.717) is 12.5 Å². The second-order valence-electron chi connectivity index (χ2n) is 5.30. The number of carbonyl (C=O) groups excluding carboxylic acids is 1. The van der Waals surface area contributed by atoms with Crippen LogP contribution in [0.3, 0.4) is 0 Å². The average molecular weight is 277 g/mol. The van der Waals surface area contributed by atoms with Gasteiger partial charge in [-0.25, -0.2) is 0 Å². The number of ether oxygens (including phenoxy) is 1. The Labute approximate surface area is 116 Å². The molecule has 18 heavy (non-hydrogen) atoms. The first kappa shape index (κ1) is 15.7. The van der Waals surface area contributed by atoms with Gasteiger partial charge in [-0.05, 0) is 18.8 Å². The van der Waals surface area contributed by atoms with Crippen molar-refractivity contribution < 1.29 is 9.53 Å². The fraction of sp³-hybridized carbons (Fsp3) is 0.923. The Morgan fingerprint density at radius 3 is 2.67 bits per heavy atom. The maximum Gasteiger partial charge on any atom is 0.241 e. The summed E-state index contributed by atoms with van der Waals surface area (Å²) >= 11 is 0. The van der Waals surface area contributed by atoms with Crippen molar-refractivity contribution in [1.82, 2.24) is 10.2 Å². The van der Waals surface area contributed by atoms with E-state index in [4.69, 9.17) is 4.74 Å². The van der Waals surface area contributed by atoms with Crippen LogP contribution >= 0.6 is 12.4 Å². The number of amides is 1. The molecule has 106 valence electrons. The first-order valence-corrected chi connectivity index (χ1v) is 6.83. The molecule has 0 radical (unpaired) electrons. The molecule has 1 saturated heterocycles. The summed E-state index contributed by atoms with van der Waals surface area (Å²) < 4.78 is 5.33. The zero-order chi connectivity index (χ0) is 12.1. The Morgan fingerprint density at radius 2 is 2.06 bits per heavy atom. The number of nitrogens with zero attached hydrogens (tertiary/aromatic N) is 1. The number of morpholine rings is 1. The molecule has 2 rings (SSSR count). The van der Waals surface area contributed by atoms with Crippen LogP contribution < -0.4 is 5.32 Å². The molecular formula is C13H25ClN2O2. The summed E-state index contributed by atoms with van der Waals surface area (Å²) in [6, 6.07) is -0.127. The molecule has 0 aromatic rings. The van der Waals surface area contributed by atoms with Crippen molar-refractivity contribution in [3.8, 4) is 0 Å². The molecule has 1 saturated carbocycles. The van der Waals surface area contributed by atoms with Crippen LogP contribution in [0, 0.1) is 5.92 Å². The van der Waals surface area contributed by atoms with Gasteiger partial charge in [0.1, 0.15) is 6.04 Å². The van der Waals surface area contributed by atoms with Crippen molar-refractivity contribution in [2.24, 2.45) is 5.92 Å². The van der Waals surface area contributed by atoms with E-state index >= 15 is 0 Å². The topological polar surface area (TPSA) is 41.6 Å². The van der Waals surface area contributed by atoms with E-state index in [0.717, 1.165) is 19.7 Å². The quantitative estimate of drug-likeness (QED) is 0.848. The molecule has 2 aliphatic rings. The Morgan fingerprint density at radius 1 is 1.33 bits per heavy atom. The third-order valence-corrected chi connectivity index (χ3v) is 3.85. The molecule has 1 N–H and O–H groups in total. The van der Waals surface area contributed by atoms with Crippen LogP contribution in [0.1, 0.15) is 32.1 Å². The van der Waals surface area contributed by atoms with Crippen LogP contribution in [-0.4, -0.2) is 50.2 Å². The average Bonchev–Trinajstić information content (AvgIpc) is 2.40. The highest BCUT2D eigenvalue weighted by Gasteiger charge is 2.26. The predicted molar refractivity (Wildman–Crippen MR) is 74.1 cm³/mol. The van der Waals surface area contributed by atoms with Gasteiger partial charge in [0.25, 0.3) is 0 Å². The van der Waals surface area contributed by atoms with E-state index in [-0.39, 0.29) is 24.4 Å². The van der Waals surface area contributed by atoms with Gasteiger partial charge >= 0.3 is 0 Å². The van der Waals surface area contributed by atoms with Crippen molar-refractivity contribution in [1.29, 1.82) is 0 Å². The largest absolute Gasteiger partial charge is 0.378 e. The first-order valence-electron chi connectivity index (χ1n) is 6.83. The van der Waals surface area contributed by atoms with Gasteiger partial charge in [0.2, 0.25) is 5.91 Å². The lowest BCUT2D eigenvalue weighted by atomic mass is 9.89. The van der Waals surface area contributed by atoms with Crippen molar-refractivity contribution in [2.45, 2.75) is 38.1 Å². The SMILES string of the molecule is CN(CC1CCCCC1)C(=O)C1COCCN1.Cl. The third-order valence-electron chi connectivity index (χ3n) is 3.85. The number of halogens is 1. The molecule has 0 aromatic heterocycles. The van der Waals surface area contributed by atoms with Gasteiger partial charge in [0.05, 0.1) is 13.2 Å². The van der Waals surface area contributed by atoms with E-state index in [9.17, 15) is 4.79 Å². The second-order valence-corrected chi connectivity index (χ2v) is 5.30. The normalized spacial score (nSPS) is 25.3. The number of likely N-dealkylation sites (N-methyl/N-ethyl adjacent to an activating group) is 1. The maximum atomic E-state index is 12.2. The van der Waals surface area contributed by atoms with Gasteiger partial charge in [-0.2, -0.15) is 0 Å². The first-order chi connectivity index (χ1) is 8.27. The summed E-state index contributed by atoms with van der Waals surface area (Å²) in [6.07, 6.45) is 6.60. The van der Waals surface area contributed by atoms with Gasteiger partial charge in [-0.1, -0.05) is 19.3 Å². The van der Waals surface area contributed by atoms with Crippen molar-refractivity contribution in [2.75, 3.05) is 33.4 Å². The minimum absolute atomic E-state index is 0. The van der Waals surface area contributed by atoms with E-state index in [2.05, 4.69) is 5.32 Å². The maximum absolute atomic E-state index is 12.2. The van der Waals surface area contributed by atoms with Gasteiger partial charge < -0.3 is 15.0 Å². The number of rotatable bonds is 3. The Kier molecular flexibility index (Phi) is 6.97. The summed E-state index contributed by atoms with van der Waals surface area (Å²) in [7, 11) is 1.92. The highest BCUT2D eigenvalue weighted by Crippen LogP contribution is 2.24. The summed E-state index contributed by atoms with van der Waals surface area (Å²) in [5.74, 6) is 0.900. The third kappa shape index (κ3) is 4.41. The molecule has 0 aromatic carbocycles. The van der Waals surface area contributed by atoms with E-state index in [1.165, 1.54) is 32.1 Å². The Hall–Kier alpha value is -0.320. The summed E-state index contributed by atoms with van der Waals surface area (Å²) in [6.45, 7) is 2.94. The van der Waals surface area contributed by atoms with Gasteiger partial charge in [-0.15, -0.1) is 12.4 Å². The minimum Gasteiger partial charge on any atom is -0.378 e. The lowest BCUT2D eigenvalue weighted by Crippen LogP contribution is -2.52. The Balaban J connectivity index is 0.00000162. The minimum atomic E-state index is -0.127. The zero-order valence-corrected chi connectivity index (χ0v) is 12.0. The van der Waals surface area contributed by atoms with Crippen molar-refractivity contribution in [3.63, 3.8) is 0 Å². The molecule has 0 bridgehead atoms. The zero-order valence-electron chi connectivity index (χ0n) is 11.2. The molecule has 1 atom stereocenters. The van der Waals surface area contributed by atoms with Crippen LogP contribution in [0.15, 0.2) is 0 Å². The molecule has 1 heterocycles. The molecule has 1 unspecified atom stereocenters. The predicted octanol–water partition coefficient (Wildman–Crippen LogP) is 1.44. The summed E-state index contributed by atoms with van der Waals surface area (Å²) in [4.78, 5) is 14.0. The highest BCUT2D eigenvalue weighted by atomic mass is 35.5. The summed E-state index contributed by atoms with van der Waals surface area (Å²) in [5.41, 5.74) is 0. The molecule has 0 spiro atoms. The van der Waals surface area contributed by atoms with E-state index < -0.39 is 0 Å². The molecule has 1 aliphatic carbocycles. The second kappa shape index (κ2) is 7.97. The van der Waals surface area contributed by atoms with Crippen LogP contribution in [-0.2, 0) is 9.53 Å². The van der Waals surface area contributed by atoms with Gasteiger partial charge in [-0.3, -0.25) is 4.79 Å². The van der Waals surface area contributed by atoms with Crippen molar-refractivity contribution >= 4 is 18.3 Å². The molecule has 5 heteroatoms. The summed E-state index contributed by atoms with van der Waals surface area (Å²) in [5, 5.41) is 3.22. The smallest absolute Gasteiger partial charge is 0.241 e. The van der Waals surface area contributed by atoms with E-state index in [1.807, 2.05) is 11.9 Å². The van der Waals surface area contributed by atoms with Crippen LogP contribution in [0.2, 0.25) is 0 Å². The monoisotopic (exact) mass is 276 g/mol. The van der Waals surface area contributed by atoms with Gasteiger partial charge in [0.15, 0.2) is 0 Å².